The van der Waals surface area contributed by atoms with E-state index in [1.165, 1.54) is 0 Å². The molecule has 4 rings (SSSR count). The summed E-state index contributed by atoms with van der Waals surface area (Å²) in [5, 5.41) is 13.7. The predicted octanol–water partition coefficient (Wildman–Crippen LogP) is 4.31. The maximum absolute atomic E-state index is 13.2. The van der Waals surface area contributed by atoms with Crippen LogP contribution in [0.4, 0.5) is 5.69 Å². The van der Waals surface area contributed by atoms with Gasteiger partial charge in [-0.3, -0.25) is 14.7 Å². The Kier molecular flexibility index (Phi) is 5.29. The van der Waals surface area contributed by atoms with Gasteiger partial charge < -0.3 is 9.84 Å². The molecule has 7 nitrogen and oxygen atoms in total. The number of ketones is 1. The summed E-state index contributed by atoms with van der Waals surface area (Å²) in [6.45, 7) is 3.55. The van der Waals surface area contributed by atoms with E-state index in [0.717, 1.165) is 30.5 Å². The van der Waals surface area contributed by atoms with Gasteiger partial charge in [0.05, 0.1) is 5.69 Å². The Morgan fingerprint density at radius 3 is 2.41 bits per heavy atom. The lowest BCUT2D eigenvalue weighted by Crippen LogP contribution is -2.36. The van der Waals surface area contributed by atoms with Gasteiger partial charge >= 0.3 is 0 Å². The molecule has 0 bridgehead atoms. The molecular formula is C22H24N4O3. The minimum atomic E-state index is -0.350. The van der Waals surface area contributed by atoms with E-state index in [4.69, 9.17) is 4.52 Å². The average molecular weight is 392 g/mol. The molecule has 0 spiro atoms. The van der Waals surface area contributed by atoms with E-state index in [0.29, 0.717) is 29.1 Å². The highest BCUT2D eigenvalue weighted by Gasteiger charge is 2.36. The van der Waals surface area contributed by atoms with Gasteiger partial charge in [-0.25, -0.2) is 0 Å². The number of aryl methyl sites for hydroxylation is 2. The molecule has 0 saturated heterocycles. The van der Waals surface area contributed by atoms with Crippen molar-refractivity contribution in [2.45, 2.75) is 39.5 Å². The molecule has 2 heterocycles. The molecule has 150 valence electrons. The number of hydrogen-bond acceptors (Lipinski definition) is 5. The summed E-state index contributed by atoms with van der Waals surface area (Å²) in [6.07, 6.45) is 5.03. The zero-order valence-electron chi connectivity index (χ0n) is 16.6. The molecule has 2 atom stereocenters. The molecule has 2 N–H and O–H groups in total. The van der Waals surface area contributed by atoms with Crippen LogP contribution in [0.3, 0.4) is 0 Å². The van der Waals surface area contributed by atoms with Gasteiger partial charge in [-0.15, -0.1) is 0 Å². The molecule has 1 fully saturated rings. The molecule has 7 heteroatoms. The van der Waals surface area contributed by atoms with Crippen LogP contribution in [-0.4, -0.2) is 27.0 Å². The van der Waals surface area contributed by atoms with Crippen molar-refractivity contribution < 1.29 is 14.1 Å². The van der Waals surface area contributed by atoms with E-state index in [1.54, 1.807) is 20.0 Å². The fraction of sp³-hybridized carbons (Fsp3) is 0.364. The first-order valence-electron chi connectivity index (χ1n) is 9.92. The first kappa shape index (κ1) is 19.1. The number of benzene rings is 1. The van der Waals surface area contributed by atoms with Crippen LogP contribution in [-0.2, 0) is 4.79 Å². The number of nitrogens with zero attached hydrogens (tertiary/aromatic N) is 2. The lowest BCUT2D eigenvalue weighted by Gasteiger charge is -2.29. The van der Waals surface area contributed by atoms with Crippen molar-refractivity contribution >= 4 is 17.4 Å². The van der Waals surface area contributed by atoms with Crippen LogP contribution in [0.15, 0.2) is 41.1 Å². The number of amides is 1. The van der Waals surface area contributed by atoms with Gasteiger partial charge in [0.25, 0.3) is 0 Å². The molecule has 2 aromatic heterocycles. The summed E-state index contributed by atoms with van der Waals surface area (Å²) in [7, 11) is 0. The molecule has 0 aliphatic heterocycles. The highest BCUT2D eigenvalue weighted by molar-refractivity contribution is 6.03. The minimum Gasteiger partial charge on any atom is -0.359 e. The molecule has 1 saturated carbocycles. The van der Waals surface area contributed by atoms with Gasteiger partial charge in [-0.1, -0.05) is 42.3 Å². The Hall–Kier alpha value is -3.22. The van der Waals surface area contributed by atoms with Crippen LogP contribution in [0.2, 0.25) is 0 Å². The second kappa shape index (κ2) is 8.03. The van der Waals surface area contributed by atoms with Gasteiger partial charge in [0, 0.05) is 23.6 Å². The number of carbonyl (C=O) groups is 2. The number of hydrogen-bond donors (Lipinski definition) is 2. The topological polar surface area (TPSA) is 101 Å². The van der Waals surface area contributed by atoms with Crippen molar-refractivity contribution in [3.8, 4) is 11.3 Å². The summed E-state index contributed by atoms with van der Waals surface area (Å²) in [4.78, 5) is 26.2. The van der Waals surface area contributed by atoms with Crippen molar-refractivity contribution in [3.63, 3.8) is 0 Å². The van der Waals surface area contributed by atoms with Crippen molar-refractivity contribution in [1.82, 2.24) is 15.4 Å². The molecule has 0 radical (unpaired) electrons. The average Bonchev–Trinajstić information content (AvgIpc) is 3.39. The summed E-state index contributed by atoms with van der Waals surface area (Å²) in [6, 6.07) is 9.35. The lowest BCUT2D eigenvalue weighted by atomic mass is 9.75. The Morgan fingerprint density at radius 2 is 1.79 bits per heavy atom. The zero-order valence-corrected chi connectivity index (χ0v) is 16.6. The van der Waals surface area contributed by atoms with Gasteiger partial charge in [0.2, 0.25) is 5.91 Å². The van der Waals surface area contributed by atoms with Crippen molar-refractivity contribution in [2.24, 2.45) is 11.8 Å². The lowest BCUT2D eigenvalue weighted by molar-refractivity contribution is -0.122. The first-order valence-corrected chi connectivity index (χ1v) is 9.92. The number of anilines is 1. The Bertz CT molecular complexity index is 986. The second-order valence-corrected chi connectivity index (χ2v) is 7.60. The molecule has 1 aliphatic carbocycles. The maximum atomic E-state index is 13.2. The van der Waals surface area contributed by atoms with E-state index in [1.807, 2.05) is 30.3 Å². The molecular weight excluding hydrogens is 368 g/mol. The SMILES string of the molecule is Cc1noc(C)c1NC(=O)[C@@H]1CCCC[C@H]1C(=O)c1ccc(-c2ccn[nH]2)cc1. The fourth-order valence-electron chi connectivity index (χ4n) is 4.08. The van der Waals surface area contributed by atoms with Crippen LogP contribution in [0.5, 0.6) is 0 Å². The Balaban J connectivity index is 1.52. The third-order valence-corrected chi connectivity index (χ3v) is 5.70. The number of carbonyl (C=O) groups excluding carboxylic acids is 2. The van der Waals surface area contributed by atoms with E-state index in [9.17, 15) is 9.59 Å². The summed E-state index contributed by atoms with van der Waals surface area (Å²) in [5.41, 5.74) is 3.75. The van der Waals surface area contributed by atoms with Crippen molar-refractivity contribution in [3.05, 3.63) is 53.5 Å². The van der Waals surface area contributed by atoms with Crippen LogP contribution >= 0.6 is 0 Å². The van der Waals surface area contributed by atoms with Crippen LogP contribution < -0.4 is 5.32 Å². The van der Waals surface area contributed by atoms with E-state index in [2.05, 4.69) is 20.7 Å². The van der Waals surface area contributed by atoms with Gasteiger partial charge in [-0.2, -0.15) is 5.10 Å². The number of Topliss-reactive ketones (excluding diaryl/α,β-unsaturated/α-hetero) is 1. The Labute approximate surface area is 168 Å². The molecule has 1 aliphatic rings. The first-order chi connectivity index (χ1) is 14.0. The molecule has 0 unspecified atom stereocenters. The summed E-state index contributed by atoms with van der Waals surface area (Å²) in [5.74, 6) is -0.199. The molecule has 1 amide bonds. The predicted molar refractivity (Wildman–Crippen MR) is 108 cm³/mol. The number of aromatic amines is 1. The highest BCUT2D eigenvalue weighted by Crippen LogP contribution is 2.34. The smallest absolute Gasteiger partial charge is 0.228 e. The number of rotatable bonds is 5. The van der Waals surface area contributed by atoms with E-state index in [-0.39, 0.29) is 23.5 Å². The van der Waals surface area contributed by atoms with Crippen molar-refractivity contribution in [2.75, 3.05) is 5.32 Å². The molecule has 29 heavy (non-hydrogen) atoms. The monoisotopic (exact) mass is 392 g/mol. The molecule has 3 aromatic rings. The molecule has 1 aromatic carbocycles. The maximum Gasteiger partial charge on any atom is 0.228 e. The summed E-state index contributed by atoms with van der Waals surface area (Å²) >= 11 is 0. The van der Waals surface area contributed by atoms with Crippen molar-refractivity contribution in [1.29, 1.82) is 0 Å². The minimum absolute atomic E-state index is 0.0276. The fourth-order valence-corrected chi connectivity index (χ4v) is 4.08. The number of nitrogens with one attached hydrogen (secondary N) is 2. The number of H-pyrrole nitrogens is 1. The van der Waals surface area contributed by atoms with Crippen LogP contribution in [0.25, 0.3) is 11.3 Å². The largest absolute Gasteiger partial charge is 0.359 e. The van der Waals surface area contributed by atoms with Gasteiger partial charge in [0.15, 0.2) is 11.5 Å². The third kappa shape index (κ3) is 3.85. The standard InChI is InChI=1S/C22H24N4O3/c1-13-20(14(2)29-26-13)24-22(28)18-6-4-3-5-17(18)21(27)16-9-7-15(8-10-16)19-11-12-23-25-19/h7-12,17-18H,3-6H2,1-2H3,(H,23,25)(H,24,28)/t17-,18-/m1/s1. The van der Waals surface area contributed by atoms with E-state index >= 15 is 0 Å². The normalized spacial score (nSPS) is 19.1. The number of aromatic nitrogens is 3. The highest BCUT2D eigenvalue weighted by atomic mass is 16.5. The Morgan fingerprint density at radius 1 is 1.07 bits per heavy atom. The van der Waals surface area contributed by atoms with Crippen LogP contribution in [0.1, 0.15) is 47.5 Å². The third-order valence-electron chi connectivity index (χ3n) is 5.70. The van der Waals surface area contributed by atoms with Crippen LogP contribution in [0, 0.1) is 25.7 Å². The van der Waals surface area contributed by atoms with E-state index < -0.39 is 0 Å². The summed E-state index contributed by atoms with van der Waals surface area (Å²) < 4.78 is 5.13. The van der Waals surface area contributed by atoms with Gasteiger partial charge in [-0.05, 0) is 38.3 Å². The quantitative estimate of drug-likeness (QED) is 0.630. The zero-order chi connectivity index (χ0) is 20.4. The van der Waals surface area contributed by atoms with Gasteiger partial charge in [0.1, 0.15) is 11.4 Å². The second-order valence-electron chi connectivity index (χ2n) is 7.60.